The van der Waals surface area contributed by atoms with Crippen LogP contribution < -0.4 is 5.14 Å². The Bertz CT molecular complexity index is 1010. The van der Waals surface area contributed by atoms with Crippen LogP contribution in [-0.4, -0.2) is 13.5 Å². The monoisotopic (exact) mass is 352 g/mol. The Kier molecular flexibility index (Phi) is 4.14. The number of benzene rings is 2. The van der Waals surface area contributed by atoms with Crippen LogP contribution in [0.15, 0.2) is 59.5 Å². The van der Waals surface area contributed by atoms with Crippen LogP contribution in [0, 0.1) is 28.6 Å². The van der Waals surface area contributed by atoms with Gasteiger partial charge in [0.1, 0.15) is 5.41 Å². The first-order chi connectivity index (χ1) is 11.8. The van der Waals surface area contributed by atoms with Crippen LogP contribution in [0.5, 0.6) is 0 Å². The van der Waals surface area contributed by atoms with Crippen molar-refractivity contribution >= 4 is 10.0 Å². The highest BCUT2D eigenvalue weighted by Gasteiger charge is 2.60. The van der Waals surface area contributed by atoms with Crippen molar-refractivity contribution in [2.24, 2.45) is 10.6 Å². The summed E-state index contributed by atoms with van der Waals surface area (Å²) in [7, 11) is -3.94. The van der Waals surface area contributed by atoms with Crippen LogP contribution in [-0.2, 0) is 15.6 Å². The zero-order chi connectivity index (χ0) is 18.1. The molecule has 0 heterocycles. The molecule has 6 heteroatoms. The molecule has 1 atom stereocenters. The summed E-state index contributed by atoms with van der Waals surface area (Å²) in [6, 6.07) is 17.0. The average Bonchev–Trinajstić information content (AvgIpc) is 3.41. The quantitative estimate of drug-likeness (QED) is 0.823. The minimum absolute atomic E-state index is 0.111. The maximum Gasteiger partial charge on any atom is 0.239 e. The van der Waals surface area contributed by atoms with E-state index in [0.29, 0.717) is 18.4 Å². The van der Waals surface area contributed by atoms with Gasteiger partial charge >= 0.3 is 0 Å². The molecule has 0 bridgehead atoms. The topological polar surface area (TPSA) is 104 Å². The van der Waals surface area contributed by atoms with Crippen LogP contribution >= 0.6 is 0 Å². The Balaban J connectivity index is 2.15. The molecular formula is C19H16N2O3S. The SMILES string of the molecule is N#CC1([C@](O)(C#Cc2ccccc2S(N)(=O)=O)c2ccccc2)CC1. The number of sulfonamides is 1. The van der Waals surface area contributed by atoms with E-state index in [1.165, 1.54) is 12.1 Å². The highest BCUT2D eigenvalue weighted by Crippen LogP contribution is 2.57. The van der Waals surface area contributed by atoms with Gasteiger partial charge in [0.15, 0.2) is 5.60 Å². The molecule has 0 aromatic heterocycles. The number of rotatable bonds is 3. The smallest absolute Gasteiger partial charge is 0.239 e. The van der Waals surface area contributed by atoms with Crippen LogP contribution in [0.25, 0.3) is 0 Å². The largest absolute Gasteiger partial charge is 0.372 e. The molecule has 2 aromatic carbocycles. The number of nitriles is 1. The molecule has 0 unspecified atom stereocenters. The summed E-state index contributed by atoms with van der Waals surface area (Å²) < 4.78 is 23.4. The van der Waals surface area contributed by atoms with Gasteiger partial charge in [-0.3, -0.25) is 0 Å². The van der Waals surface area contributed by atoms with E-state index in [-0.39, 0.29) is 10.5 Å². The predicted octanol–water partition coefficient (Wildman–Crippen LogP) is 1.88. The summed E-state index contributed by atoms with van der Waals surface area (Å²) in [5.74, 6) is 5.49. The fraction of sp³-hybridized carbons (Fsp3) is 0.211. The normalized spacial score (nSPS) is 17.5. The van der Waals surface area contributed by atoms with Crippen LogP contribution in [0.4, 0.5) is 0 Å². The molecular weight excluding hydrogens is 336 g/mol. The summed E-state index contributed by atoms with van der Waals surface area (Å²) in [5.41, 5.74) is -1.98. The third-order valence-electron chi connectivity index (χ3n) is 4.42. The summed E-state index contributed by atoms with van der Waals surface area (Å²) in [4.78, 5) is -0.111. The number of hydrogen-bond donors (Lipinski definition) is 2. The fourth-order valence-electron chi connectivity index (χ4n) is 2.80. The second-order valence-electron chi connectivity index (χ2n) is 6.06. The lowest BCUT2D eigenvalue weighted by atomic mass is 9.79. The van der Waals surface area contributed by atoms with Gasteiger partial charge in [-0.15, -0.1) is 0 Å². The summed E-state index contributed by atoms with van der Waals surface area (Å²) >= 11 is 0. The lowest BCUT2D eigenvalue weighted by molar-refractivity contribution is 0.0456. The van der Waals surface area contributed by atoms with Gasteiger partial charge in [0, 0.05) is 5.56 Å². The summed E-state index contributed by atoms with van der Waals surface area (Å²) in [6.07, 6.45) is 1.06. The lowest BCUT2D eigenvalue weighted by Crippen LogP contribution is -2.34. The molecule has 3 N–H and O–H groups in total. The van der Waals surface area contributed by atoms with Crippen molar-refractivity contribution in [2.75, 3.05) is 0 Å². The van der Waals surface area contributed by atoms with Gasteiger partial charge < -0.3 is 5.11 Å². The summed E-state index contributed by atoms with van der Waals surface area (Å²) in [5, 5.41) is 26.0. The first-order valence-electron chi connectivity index (χ1n) is 7.67. The van der Waals surface area contributed by atoms with E-state index in [4.69, 9.17) is 5.14 Å². The molecule has 0 aliphatic heterocycles. The van der Waals surface area contributed by atoms with Gasteiger partial charge in [-0.05, 0) is 30.5 Å². The second-order valence-corrected chi connectivity index (χ2v) is 7.59. The maximum atomic E-state index is 11.7. The molecule has 1 aliphatic carbocycles. The Hall–Kier alpha value is -2.64. The number of primary sulfonamides is 1. The molecule has 25 heavy (non-hydrogen) atoms. The highest BCUT2D eigenvalue weighted by atomic mass is 32.2. The Morgan fingerprint density at radius 1 is 1.08 bits per heavy atom. The molecule has 0 amide bonds. The molecule has 3 rings (SSSR count). The third-order valence-corrected chi connectivity index (χ3v) is 5.39. The molecule has 1 saturated carbocycles. The first-order valence-corrected chi connectivity index (χ1v) is 9.21. The average molecular weight is 352 g/mol. The molecule has 0 spiro atoms. The van der Waals surface area contributed by atoms with Crippen LogP contribution in [0.1, 0.15) is 24.0 Å². The number of hydrogen-bond acceptors (Lipinski definition) is 4. The van der Waals surface area contributed by atoms with Gasteiger partial charge in [0.2, 0.25) is 10.0 Å². The van der Waals surface area contributed by atoms with Crippen molar-refractivity contribution in [3.63, 3.8) is 0 Å². The zero-order valence-corrected chi connectivity index (χ0v) is 14.1. The van der Waals surface area contributed by atoms with Crippen molar-refractivity contribution in [1.29, 1.82) is 5.26 Å². The fourth-order valence-corrected chi connectivity index (χ4v) is 3.50. The minimum Gasteiger partial charge on any atom is -0.372 e. The van der Waals surface area contributed by atoms with Crippen molar-refractivity contribution in [3.8, 4) is 17.9 Å². The number of aliphatic hydroxyl groups is 1. The summed E-state index contributed by atoms with van der Waals surface area (Å²) in [6.45, 7) is 0. The van der Waals surface area contributed by atoms with E-state index in [2.05, 4.69) is 17.9 Å². The van der Waals surface area contributed by atoms with E-state index < -0.39 is 21.0 Å². The minimum atomic E-state index is -3.94. The molecule has 0 saturated heterocycles. The van der Waals surface area contributed by atoms with Crippen molar-refractivity contribution < 1.29 is 13.5 Å². The first kappa shape index (κ1) is 17.2. The maximum absolute atomic E-state index is 11.7. The van der Waals surface area contributed by atoms with Crippen LogP contribution in [0.2, 0.25) is 0 Å². The van der Waals surface area contributed by atoms with E-state index in [0.717, 1.165) is 0 Å². The Morgan fingerprint density at radius 3 is 2.24 bits per heavy atom. The molecule has 1 fully saturated rings. The Labute approximate surface area is 146 Å². The predicted molar refractivity (Wildman–Crippen MR) is 92.3 cm³/mol. The lowest BCUT2D eigenvalue weighted by Gasteiger charge is -2.27. The van der Waals surface area contributed by atoms with Gasteiger partial charge in [-0.25, -0.2) is 13.6 Å². The van der Waals surface area contributed by atoms with Crippen LogP contribution in [0.3, 0.4) is 0 Å². The van der Waals surface area contributed by atoms with E-state index >= 15 is 0 Å². The number of nitrogens with two attached hydrogens (primary N) is 1. The Morgan fingerprint density at radius 2 is 1.68 bits per heavy atom. The van der Waals surface area contributed by atoms with E-state index in [1.54, 1.807) is 42.5 Å². The molecule has 5 nitrogen and oxygen atoms in total. The third kappa shape index (κ3) is 3.04. The molecule has 1 aliphatic rings. The number of nitrogens with zero attached hydrogens (tertiary/aromatic N) is 1. The van der Waals surface area contributed by atoms with Crippen molar-refractivity contribution in [1.82, 2.24) is 0 Å². The molecule has 0 radical (unpaired) electrons. The standard InChI is InChI=1S/C19H16N2O3S/c20-14-18(12-13-18)19(22,16-7-2-1-3-8-16)11-10-15-6-4-5-9-17(15)25(21,23)24/h1-9,22H,12-13H2,(H2,21,23,24)/t19-/m0/s1. The zero-order valence-electron chi connectivity index (χ0n) is 13.3. The van der Waals surface area contributed by atoms with Gasteiger partial charge in [0.25, 0.3) is 0 Å². The van der Waals surface area contributed by atoms with E-state index in [9.17, 15) is 18.8 Å². The second kappa shape index (κ2) is 6.02. The molecule has 126 valence electrons. The van der Waals surface area contributed by atoms with Gasteiger partial charge in [-0.1, -0.05) is 54.3 Å². The highest BCUT2D eigenvalue weighted by molar-refractivity contribution is 7.89. The van der Waals surface area contributed by atoms with Crippen molar-refractivity contribution in [3.05, 3.63) is 65.7 Å². The van der Waals surface area contributed by atoms with Gasteiger partial charge in [-0.2, -0.15) is 5.26 Å². The van der Waals surface area contributed by atoms with E-state index in [1.807, 2.05) is 0 Å². The van der Waals surface area contributed by atoms with Crippen molar-refractivity contribution in [2.45, 2.75) is 23.3 Å². The molecule has 2 aromatic rings. The van der Waals surface area contributed by atoms with Gasteiger partial charge in [0.05, 0.1) is 11.0 Å².